The predicted octanol–water partition coefficient (Wildman–Crippen LogP) is 2.73. The number of aryl methyl sites for hydroxylation is 1. The molecule has 32 heavy (non-hydrogen) atoms. The Balaban J connectivity index is 1.43. The maximum absolute atomic E-state index is 13.1. The van der Waals surface area contributed by atoms with E-state index in [1.807, 2.05) is 6.20 Å². The number of hydrogen-bond donors (Lipinski definition) is 1. The molecule has 1 aliphatic rings. The van der Waals surface area contributed by atoms with Gasteiger partial charge in [-0.3, -0.25) is 14.3 Å². The maximum Gasteiger partial charge on any atom is 0.231 e. The molecule has 0 bridgehead atoms. The summed E-state index contributed by atoms with van der Waals surface area (Å²) in [5, 5.41) is 7.37. The Kier molecular flexibility index (Phi) is 6.30. The van der Waals surface area contributed by atoms with Crippen molar-refractivity contribution in [1.29, 1.82) is 0 Å². The molecule has 1 atom stereocenters. The number of fused-ring (bicyclic) bond motifs is 1. The van der Waals surface area contributed by atoms with Crippen molar-refractivity contribution in [3.8, 4) is 0 Å². The Hall–Kier alpha value is -3.55. The van der Waals surface area contributed by atoms with Crippen molar-refractivity contribution in [3.05, 3.63) is 88.7 Å². The Bertz CT molecular complexity index is 1110. The number of aromatic nitrogens is 2. The van der Waals surface area contributed by atoms with E-state index in [9.17, 15) is 18.4 Å². The van der Waals surface area contributed by atoms with Gasteiger partial charge in [-0.2, -0.15) is 5.10 Å². The second kappa shape index (κ2) is 9.30. The lowest BCUT2D eigenvalue weighted by Gasteiger charge is -2.31. The van der Waals surface area contributed by atoms with Crippen LogP contribution in [0.5, 0.6) is 0 Å². The number of carbonyl (C=O) groups excluding carboxylic acids is 2. The summed E-state index contributed by atoms with van der Waals surface area (Å²) in [5.41, 5.74) is 3.15. The lowest BCUT2D eigenvalue weighted by molar-refractivity contribution is -0.133. The van der Waals surface area contributed by atoms with Gasteiger partial charge in [-0.25, -0.2) is 8.78 Å². The highest BCUT2D eigenvalue weighted by atomic mass is 19.1. The van der Waals surface area contributed by atoms with E-state index < -0.39 is 5.92 Å². The molecular weight excluding hydrogens is 414 g/mol. The molecule has 2 amide bonds. The Labute approximate surface area is 184 Å². The van der Waals surface area contributed by atoms with Gasteiger partial charge in [0, 0.05) is 38.4 Å². The largest absolute Gasteiger partial charge is 0.355 e. The molecule has 0 spiro atoms. The molecule has 3 aromatic rings. The normalized spacial score (nSPS) is 15.3. The van der Waals surface area contributed by atoms with Gasteiger partial charge in [-0.05, 0) is 41.8 Å². The molecule has 8 heteroatoms. The minimum atomic E-state index is -0.578. The number of halogens is 2. The van der Waals surface area contributed by atoms with Crippen LogP contribution in [0.1, 0.15) is 28.3 Å². The highest BCUT2D eigenvalue weighted by Crippen LogP contribution is 2.28. The van der Waals surface area contributed by atoms with E-state index in [1.165, 1.54) is 24.3 Å². The van der Waals surface area contributed by atoms with Crippen molar-refractivity contribution in [2.24, 2.45) is 7.05 Å². The van der Waals surface area contributed by atoms with Gasteiger partial charge >= 0.3 is 0 Å². The van der Waals surface area contributed by atoms with Crippen LogP contribution in [0.25, 0.3) is 0 Å². The molecule has 4 rings (SSSR count). The Morgan fingerprint density at radius 3 is 2.31 bits per heavy atom. The van der Waals surface area contributed by atoms with Gasteiger partial charge in [-0.1, -0.05) is 24.3 Å². The first kappa shape index (κ1) is 21.7. The van der Waals surface area contributed by atoms with Crippen LogP contribution in [0.3, 0.4) is 0 Å². The van der Waals surface area contributed by atoms with Crippen LogP contribution in [0.2, 0.25) is 0 Å². The standard InChI is InChI=1S/C24H24F2N4O2/c1-29-13-18-14-30(22(31)12-17-4-8-20(26)9-5-17)15-21(23(18)28-29)24(32)27-11-10-16-2-6-19(25)7-3-16/h2-9,13,21H,10-12,14-15H2,1H3,(H,27,32)/t21-/m1/s1. The average Bonchev–Trinajstić information content (AvgIpc) is 3.16. The van der Waals surface area contributed by atoms with E-state index in [4.69, 9.17) is 0 Å². The SMILES string of the molecule is Cn1cc2c(n1)[C@H](C(=O)NCCc1ccc(F)cc1)CN(C(=O)Cc1ccc(F)cc1)C2. The highest BCUT2D eigenvalue weighted by Gasteiger charge is 2.35. The third-order valence-corrected chi connectivity index (χ3v) is 5.60. The third-order valence-electron chi connectivity index (χ3n) is 5.60. The van der Waals surface area contributed by atoms with Crippen molar-refractivity contribution in [3.63, 3.8) is 0 Å². The summed E-state index contributed by atoms with van der Waals surface area (Å²) < 4.78 is 27.9. The van der Waals surface area contributed by atoms with Crippen molar-refractivity contribution in [2.75, 3.05) is 13.1 Å². The number of rotatable bonds is 6. The monoisotopic (exact) mass is 438 g/mol. The lowest BCUT2D eigenvalue weighted by Crippen LogP contribution is -2.44. The average molecular weight is 438 g/mol. The van der Waals surface area contributed by atoms with E-state index in [2.05, 4.69) is 10.4 Å². The summed E-state index contributed by atoms with van der Waals surface area (Å²) in [5.74, 6) is -1.56. The van der Waals surface area contributed by atoms with Crippen LogP contribution < -0.4 is 5.32 Å². The van der Waals surface area contributed by atoms with Gasteiger partial charge in [0.1, 0.15) is 11.6 Å². The van der Waals surface area contributed by atoms with Crippen LogP contribution in [-0.2, 0) is 36.0 Å². The van der Waals surface area contributed by atoms with E-state index in [0.29, 0.717) is 30.8 Å². The van der Waals surface area contributed by atoms with Crippen molar-refractivity contribution < 1.29 is 18.4 Å². The first-order chi connectivity index (χ1) is 15.4. The maximum atomic E-state index is 13.1. The fraction of sp³-hybridized carbons (Fsp3) is 0.292. The van der Waals surface area contributed by atoms with Crippen molar-refractivity contribution in [1.82, 2.24) is 20.0 Å². The molecule has 1 aromatic heterocycles. The van der Waals surface area contributed by atoms with Crippen molar-refractivity contribution in [2.45, 2.75) is 25.3 Å². The van der Waals surface area contributed by atoms with Crippen LogP contribution in [-0.4, -0.2) is 39.6 Å². The molecule has 0 saturated carbocycles. The summed E-state index contributed by atoms with van der Waals surface area (Å²) in [7, 11) is 1.78. The second-order valence-electron chi connectivity index (χ2n) is 8.01. The van der Waals surface area contributed by atoms with E-state index in [-0.39, 0.29) is 36.4 Å². The molecule has 0 saturated heterocycles. The molecule has 1 N–H and O–H groups in total. The number of amides is 2. The van der Waals surface area contributed by atoms with E-state index in [0.717, 1.165) is 11.1 Å². The molecule has 6 nitrogen and oxygen atoms in total. The van der Waals surface area contributed by atoms with Crippen LogP contribution in [0, 0.1) is 11.6 Å². The molecule has 166 valence electrons. The first-order valence-corrected chi connectivity index (χ1v) is 10.5. The number of benzene rings is 2. The third kappa shape index (κ3) is 5.01. The van der Waals surface area contributed by atoms with Crippen molar-refractivity contribution >= 4 is 11.8 Å². The zero-order chi connectivity index (χ0) is 22.7. The number of nitrogens with one attached hydrogen (secondary N) is 1. The minimum absolute atomic E-state index is 0.129. The smallest absolute Gasteiger partial charge is 0.231 e. The Morgan fingerprint density at radius 1 is 1.03 bits per heavy atom. The van der Waals surface area contributed by atoms with Crippen LogP contribution in [0.15, 0.2) is 54.7 Å². The number of carbonyl (C=O) groups is 2. The van der Waals surface area contributed by atoms with E-state index in [1.54, 1.807) is 40.9 Å². The van der Waals surface area contributed by atoms with Crippen LogP contribution in [0.4, 0.5) is 8.78 Å². The fourth-order valence-electron chi connectivity index (χ4n) is 3.94. The lowest BCUT2D eigenvalue weighted by atomic mass is 9.95. The summed E-state index contributed by atoms with van der Waals surface area (Å²) in [6.07, 6.45) is 2.53. The van der Waals surface area contributed by atoms with Gasteiger partial charge in [0.25, 0.3) is 0 Å². The fourth-order valence-corrected chi connectivity index (χ4v) is 3.94. The van der Waals surface area contributed by atoms with E-state index >= 15 is 0 Å². The van der Waals surface area contributed by atoms with Gasteiger partial charge in [0.2, 0.25) is 11.8 Å². The van der Waals surface area contributed by atoms with Gasteiger partial charge in [-0.15, -0.1) is 0 Å². The Morgan fingerprint density at radius 2 is 1.66 bits per heavy atom. The topological polar surface area (TPSA) is 67.2 Å². The molecule has 2 aromatic carbocycles. The summed E-state index contributed by atoms with van der Waals surface area (Å²) in [4.78, 5) is 27.5. The van der Waals surface area contributed by atoms with Gasteiger partial charge in [0.15, 0.2) is 0 Å². The quantitative estimate of drug-likeness (QED) is 0.644. The molecule has 2 heterocycles. The molecule has 0 aliphatic carbocycles. The first-order valence-electron chi connectivity index (χ1n) is 10.5. The predicted molar refractivity (Wildman–Crippen MR) is 115 cm³/mol. The van der Waals surface area contributed by atoms with Gasteiger partial charge in [0.05, 0.1) is 18.0 Å². The summed E-state index contributed by atoms with van der Waals surface area (Å²) >= 11 is 0. The van der Waals surface area contributed by atoms with Crippen LogP contribution >= 0.6 is 0 Å². The molecule has 0 radical (unpaired) electrons. The minimum Gasteiger partial charge on any atom is -0.355 e. The summed E-state index contributed by atoms with van der Waals surface area (Å²) in [6, 6.07) is 12.0. The molecule has 1 aliphatic heterocycles. The number of nitrogens with zero attached hydrogens (tertiary/aromatic N) is 3. The number of hydrogen-bond acceptors (Lipinski definition) is 3. The molecule has 0 fully saturated rings. The summed E-state index contributed by atoms with van der Waals surface area (Å²) in [6.45, 7) is 1.00. The second-order valence-corrected chi connectivity index (χ2v) is 8.01. The van der Waals surface area contributed by atoms with Gasteiger partial charge < -0.3 is 10.2 Å². The zero-order valence-electron chi connectivity index (χ0n) is 17.7. The highest BCUT2D eigenvalue weighted by molar-refractivity contribution is 5.86. The molecular formula is C24H24F2N4O2. The zero-order valence-corrected chi connectivity index (χ0v) is 17.7. The molecule has 0 unspecified atom stereocenters.